The molecule has 57 heavy (non-hydrogen) atoms. The highest BCUT2D eigenvalue weighted by atomic mass is 19.1. The Labute approximate surface area is 330 Å². The third-order valence-electron chi connectivity index (χ3n) is 12.0. The molecular formula is C52H39FN4. The van der Waals surface area contributed by atoms with Gasteiger partial charge in [0.2, 0.25) is 0 Å². The van der Waals surface area contributed by atoms with Gasteiger partial charge in [0.05, 0.1) is 27.8 Å². The first-order chi connectivity index (χ1) is 28.2. The van der Waals surface area contributed by atoms with E-state index in [9.17, 15) is 0 Å². The number of fused-ring (bicyclic) bond motifs is 6. The molecule has 0 fully saturated rings. The van der Waals surface area contributed by atoms with Gasteiger partial charge in [0.1, 0.15) is 5.82 Å². The number of nitrogens with zero attached hydrogens (tertiary/aromatic N) is 4. The topological polar surface area (TPSA) is 35.6 Å². The van der Waals surface area contributed by atoms with Gasteiger partial charge in [0.25, 0.3) is 0 Å². The fraction of sp³-hybridized carbons (Fsp3) is 0.115. The molecule has 5 heteroatoms. The summed E-state index contributed by atoms with van der Waals surface area (Å²) < 4.78 is 19.7. The second-order valence-electron chi connectivity index (χ2n) is 15.3. The minimum Gasteiger partial charge on any atom is -0.313 e. The molecule has 274 valence electrons. The molecule has 6 aromatic carbocycles. The van der Waals surface area contributed by atoms with Crippen molar-refractivity contribution >= 4 is 54.9 Å². The van der Waals surface area contributed by atoms with E-state index >= 15 is 4.39 Å². The van der Waals surface area contributed by atoms with E-state index in [0.717, 1.165) is 93.5 Å². The van der Waals surface area contributed by atoms with Gasteiger partial charge in [-0.05, 0) is 122 Å². The van der Waals surface area contributed by atoms with Crippen LogP contribution in [0, 0.1) is 5.82 Å². The number of para-hydroxylation sites is 2. The summed E-state index contributed by atoms with van der Waals surface area (Å²) in [4.78, 5) is 10.2. The van der Waals surface area contributed by atoms with Crippen molar-refractivity contribution in [3.05, 3.63) is 187 Å². The summed E-state index contributed by atoms with van der Waals surface area (Å²) in [7, 11) is 0. The quantitative estimate of drug-likeness (QED) is 0.159. The normalized spacial score (nSPS) is 15.8. The summed E-state index contributed by atoms with van der Waals surface area (Å²) in [5.74, 6) is 0.952. The maximum Gasteiger partial charge on any atom is 0.160 e. The monoisotopic (exact) mass is 738 g/mol. The summed E-state index contributed by atoms with van der Waals surface area (Å²) in [6.07, 6.45) is 13.9. The van der Waals surface area contributed by atoms with Crippen LogP contribution in [0.1, 0.15) is 49.4 Å². The average Bonchev–Trinajstić information content (AvgIpc) is 3.79. The summed E-state index contributed by atoms with van der Waals surface area (Å²) >= 11 is 0. The Morgan fingerprint density at radius 3 is 1.93 bits per heavy atom. The predicted molar refractivity (Wildman–Crippen MR) is 234 cm³/mol. The SMILES string of the molecule is Fc1ccc2c(c1)c1cc(-c3ccc4c(c3)c3ccccc3n4-c3ccccc3)ccc1n2C1=CC=C(c2cc(C3CC=CCC3)nc(-c3ccccc3)n2)CC1. The number of hydrogen-bond donors (Lipinski definition) is 0. The van der Waals surface area contributed by atoms with Crippen LogP contribution >= 0.6 is 0 Å². The molecule has 9 aromatic rings. The first-order valence-electron chi connectivity index (χ1n) is 20.0. The third kappa shape index (κ3) is 5.81. The molecular weight excluding hydrogens is 700 g/mol. The largest absolute Gasteiger partial charge is 0.313 e. The first kappa shape index (κ1) is 33.5. The van der Waals surface area contributed by atoms with Crippen LogP contribution in [-0.4, -0.2) is 19.1 Å². The molecule has 2 aliphatic rings. The van der Waals surface area contributed by atoms with Crippen molar-refractivity contribution < 1.29 is 4.39 Å². The van der Waals surface area contributed by atoms with E-state index in [1.807, 2.05) is 24.3 Å². The Kier molecular flexibility index (Phi) is 8.06. The highest BCUT2D eigenvalue weighted by Crippen LogP contribution is 2.41. The maximum absolute atomic E-state index is 15.0. The van der Waals surface area contributed by atoms with Gasteiger partial charge in [0, 0.05) is 50.1 Å². The van der Waals surface area contributed by atoms with Gasteiger partial charge in [-0.1, -0.05) is 97.1 Å². The minimum absolute atomic E-state index is 0.232. The van der Waals surface area contributed by atoms with E-state index in [1.165, 1.54) is 33.1 Å². The summed E-state index contributed by atoms with van der Waals surface area (Å²) in [5, 5.41) is 4.38. The fourth-order valence-corrected chi connectivity index (χ4v) is 9.14. The Morgan fingerprint density at radius 2 is 1.19 bits per heavy atom. The predicted octanol–water partition coefficient (Wildman–Crippen LogP) is 13.7. The molecule has 11 rings (SSSR count). The van der Waals surface area contributed by atoms with E-state index in [4.69, 9.17) is 9.97 Å². The summed E-state index contributed by atoms with van der Waals surface area (Å²) in [6, 6.07) is 50.3. The number of rotatable bonds is 6. The lowest BCUT2D eigenvalue weighted by atomic mass is 9.90. The number of halogens is 1. The van der Waals surface area contributed by atoms with Crippen LogP contribution in [0.15, 0.2) is 170 Å². The van der Waals surface area contributed by atoms with Crippen LogP contribution in [0.2, 0.25) is 0 Å². The van der Waals surface area contributed by atoms with Crippen molar-refractivity contribution in [2.45, 2.75) is 38.0 Å². The minimum atomic E-state index is -0.232. The third-order valence-corrected chi connectivity index (χ3v) is 12.0. The van der Waals surface area contributed by atoms with Crippen LogP contribution in [0.25, 0.3) is 83.1 Å². The van der Waals surface area contributed by atoms with Gasteiger partial charge in [0.15, 0.2) is 5.82 Å². The molecule has 1 atom stereocenters. The Bertz CT molecular complexity index is 3110. The number of aromatic nitrogens is 4. The summed E-state index contributed by atoms with van der Waals surface area (Å²) in [6.45, 7) is 0. The van der Waals surface area contributed by atoms with Crippen molar-refractivity contribution in [3.8, 4) is 28.2 Å². The van der Waals surface area contributed by atoms with Crippen molar-refractivity contribution in [2.24, 2.45) is 0 Å². The van der Waals surface area contributed by atoms with Crippen LogP contribution < -0.4 is 0 Å². The molecule has 0 N–H and O–H groups in total. The van der Waals surface area contributed by atoms with Crippen LogP contribution in [-0.2, 0) is 0 Å². The van der Waals surface area contributed by atoms with Gasteiger partial charge < -0.3 is 9.13 Å². The van der Waals surface area contributed by atoms with E-state index in [0.29, 0.717) is 5.92 Å². The Balaban J connectivity index is 1.00. The molecule has 3 aromatic heterocycles. The average molecular weight is 739 g/mol. The Morgan fingerprint density at radius 1 is 0.526 bits per heavy atom. The number of allylic oxidation sites excluding steroid dienone is 6. The van der Waals surface area contributed by atoms with E-state index in [-0.39, 0.29) is 5.82 Å². The molecule has 4 nitrogen and oxygen atoms in total. The molecule has 0 bridgehead atoms. The molecule has 0 saturated carbocycles. The van der Waals surface area contributed by atoms with Crippen LogP contribution in [0.4, 0.5) is 4.39 Å². The van der Waals surface area contributed by atoms with Crippen LogP contribution in [0.5, 0.6) is 0 Å². The van der Waals surface area contributed by atoms with E-state index in [2.05, 4.69) is 143 Å². The van der Waals surface area contributed by atoms with E-state index in [1.54, 1.807) is 12.1 Å². The highest BCUT2D eigenvalue weighted by molar-refractivity contribution is 6.13. The maximum atomic E-state index is 15.0. The van der Waals surface area contributed by atoms with Gasteiger partial charge in [-0.2, -0.15) is 0 Å². The molecule has 0 aliphatic heterocycles. The van der Waals surface area contributed by atoms with Crippen LogP contribution in [0.3, 0.4) is 0 Å². The molecule has 3 heterocycles. The lowest BCUT2D eigenvalue weighted by Gasteiger charge is -2.21. The van der Waals surface area contributed by atoms with Crippen molar-refractivity contribution in [2.75, 3.05) is 0 Å². The van der Waals surface area contributed by atoms with Gasteiger partial charge in [-0.3, -0.25) is 0 Å². The van der Waals surface area contributed by atoms with Gasteiger partial charge in [-0.15, -0.1) is 0 Å². The molecule has 0 radical (unpaired) electrons. The van der Waals surface area contributed by atoms with Crippen molar-refractivity contribution in [1.82, 2.24) is 19.1 Å². The van der Waals surface area contributed by atoms with E-state index < -0.39 is 0 Å². The lowest BCUT2D eigenvalue weighted by molar-refractivity contribution is 0.599. The van der Waals surface area contributed by atoms with Gasteiger partial charge in [-0.25, -0.2) is 14.4 Å². The molecule has 1 unspecified atom stereocenters. The second-order valence-corrected chi connectivity index (χ2v) is 15.3. The van der Waals surface area contributed by atoms with Gasteiger partial charge >= 0.3 is 0 Å². The fourth-order valence-electron chi connectivity index (χ4n) is 9.14. The smallest absolute Gasteiger partial charge is 0.160 e. The molecule has 0 spiro atoms. The lowest BCUT2D eigenvalue weighted by Crippen LogP contribution is -2.08. The summed E-state index contributed by atoms with van der Waals surface area (Å²) in [5.41, 5.74) is 13.4. The standard InChI is InChI=1S/C52H39FN4/c53-39-24-29-51-45(32-39)44-31-38(37-22-27-49-43(30-37)42-18-10-11-19-48(42)56(49)40-16-8-3-9-17-40)23-28-50(44)57(51)41-25-20-35(21-26-41)47-33-46(34-12-4-1-5-13-34)54-52(55-47)36-14-6-2-7-15-36/h1-4,6-11,14-20,22-25,27-34H,5,12-13,21,26H2. The Hall–Kier alpha value is -6.85. The number of benzene rings is 6. The molecule has 0 amide bonds. The highest BCUT2D eigenvalue weighted by Gasteiger charge is 2.22. The second kappa shape index (κ2) is 13.7. The van der Waals surface area contributed by atoms with Crippen molar-refractivity contribution in [3.63, 3.8) is 0 Å². The number of hydrogen-bond acceptors (Lipinski definition) is 2. The first-order valence-corrected chi connectivity index (χ1v) is 20.0. The zero-order valence-corrected chi connectivity index (χ0v) is 31.4. The molecule has 0 saturated heterocycles. The van der Waals surface area contributed by atoms with Crippen molar-refractivity contribution in [1.29, 1.82) is 0 Å². The zero-order chi connectivity index (χ0) is 37.9. The zero-order valence-electron chi connectivity index (χ0n) is 31.4. The molecule has 2 aliphatic carbocycles.